The second-order valence-corrected chi connectivity index (χ2v) is 15.4. The highest BCUT2D eigenvalue weighted by atomic mass is 28.2. The first-order valence-electron chi connectivity index (χ1n) is 11.9. The van der Waals surface area contributed by atoms with Gasteiger partial charge in [-0.3, -0.25) is 0 Å². The molecule has 0 saturated carbocycles. The van der Waals surface area contributed by atoms with Gasteiger partial charge in [0, 0.05) is 61.7 Å². The molecule has 3 heterocycles. The Kier molecular flexibility index (Phi) is 6.88. The van der Waals surface area contributed by atoms with Crippen molar-refractivity contribution in [2.45, 2.75) is 85.8 Å². The van der Waals surface area contributed by atoms with Gasteiger partial charge in [-0.25, -0.2) is 0 Å². The van der Waals surface area contributed by atoms with Gasteiger partial charge in [-0.15, -0.1) is 0 Å². The highest BCUT2D eigenvalue weighted by Crippen LogP contribution is 2.44. The van der Waals surface area contributed by atoms with Crippen LogP contribution in [-0.4, -0.2) is 61.0 Å². The predicted octanol–water partition coefficient (Wildman–Crippen LogP) is 1.40. The van der Waals surface area contributed by atoms with Crippen molar-refractivity contribution in [3.63, 3.8) is 0 Å². The van der Waals surface area contributed by atoms with Crippen LogP contribution in [0.25, 0.3) is 0 Å². The van der Waals surface area contributed by atoms with Gasteiger partial charge < -0.3 is 14.2 Å². The fraction of sp³-hybridized carbons (Fsp3) is 0.739. The van der Waals surface area contributed by atoms with Crippen molar-refractivity contribution in [1.29, 1.82) is 0 Å². The summed E-state index contributed by atoms with van der Waals surface area (Å²) in [6.45, 7) is 2.81. The summed E-state index contributed by atoms with van der Waals surface area (Å²) in [6.07, 6.45) is 12.4. The first-order chi connectivity index (χ1) is 13.9. The summed E-state index contributed by atoms with van der Waals surface area (Å²) >= 11 is 0. The zero-order valence-corrected chi connectivity index (χ0v) is 24.8. The van der Waals surface area contributed by atoms with Crippen molar-refractivity contribution >= 4 is 30.7 Å². The molecule has 3 aliphatic heterocycles. The van der Waals surface area contributed by atoms with Crippen LogP contribution in [0.2, 0.25) is 0 Å². The molecule has 4 rings (SSSR count). The number of ether oxygens (including phenoxy) is 3. The van der Waals surface area contributed by atoms with E-state index in [1.165, 1.54) is 68.9 Å². The number of benzene rings is 1. The second kappa shape index (κ2) is 9.09. The fourth-order valence-electron chi connectivity index (χ4n) is 5.73. The monoisotopic (exact) mass is 448 g/mol. The van der Waals surface area contributed by atoms with Crippen molar-refractivity contribution in [3.05, 3.63) is 35.4 Å². The van der Waals surface area contributed by atoms with Crippen LogP contribution >= 0.6 is 0 Å². The van der Waals surface area contributed by atoms with Gasteiger partial charge >= 0.3 is 0 Å². The molecule has 4 atom stereocenters. The molecular formula is C23H40O3Si3. The second-order valence-electron chi connectivity index (χ2n) is 10.3. The first kappa shape index (κ1) is 22.0. The maximum atomic E-state index is 6.54. The lowest BCUT2D eigenvalue weighted by Gasteiger charge is -2.46. The van der Waals surface area contributed by atoms with E-state index in [4.69, 9.17) is 14.2 Å². The van der Waals surface area contributed by atoms with Crippen molar-refractivity contribution < 1.29 is 14.2 Å². The summed E-state index contributed by atoms with van der Waals surface area (Å²) in [4.78, 5) is 0. The highest BCUT2D eigenvalue weighted by molar-refractivity contribution is 6.16. The number of hydrogen-bond donors (Lipinski definition) is 0. The average Bonchev–Trinajstić information content (AvgIpc) is 2.74. The van der Waals surface area contributed by atoms with Crippen LogP contribution in [0.3, 0.4) is 0 Å². The smallest absolute Gasteiger partial charge is 0.0723 e. The lowest BCUT2D eigenvalue weighted by molar-refractivity contribution is -0.0708. The van der Waals surface area contributed by atoms with Gasteiger partial charge in [0.1, 0.15) is 0 Å². The Hall–Kier alpha value is -0.249. The Balaban J connectivity index is 1.60. The predicted molar refractivity (Wildman–Crippen MR) is 130 cm³/mol. The van der Waals surface area contributed by atoms with Gasteiger partial charge in [0.25, 0.3) is 0 Å². The van der Waals surface area contributed by atoms with Crippen LogP contribution < -0.4 is 0 Å². The van der Waals surface area contributed by atoms with Crippen LogP contribution in [0, 0.1) is 0 Å². The van der Waals surface area contributed by atoms with Crippen LogP contribution in [0.5, 0.6) is 0 Å². The van der Waals surface area contributed by atoms with Crippen molar-refractivity contribution in [2.24, 2.45) is 0 Å². The third-order valence-electron chi connectivity index (χ3n) is 7.82. The zero-order valence-electron chi connectivity index (χ0n) is 18.8. The van der Waals surface area contributed by atoms with E-state index in [1.807, 2.05) is 0 Å². The summed E-state index contributed by atoms with van der Waals surface area (Å²) in [5.41, 5.74) is 2.86. The van der Waals surface area contributed by atoms with Crippen molar-refractivity contribution in [1.82, 2.24) is 0 Å². The molecule has 0 amide bonds. The van der Waals surface area contributed by atoms with E-state index in [9.17, 15) is 0 Å². The highest BCUT2D eigenvalue weighted by Gasteiger charge is 2.42. The molecule has 0 radical (unpaired) electrons. The molecule has 0 aromatic heterocycles. The molecule has 1 aromatic rings. The zero-order chi connectivity index (χ0) is 20.4. The van der Waals surface area contributed by atoms with Gasteiger partial charge in [-0.05, 0) is 75.3 Å². The van der Waals surface area contributed by atoms with Crippen LogP contribution in [0.15, 0.2) is 24.3 Å². The lowest BCUT2D eigenvalue weighted by atomic mass is 9.82. The third-order valence-corrected chi connectivity index (χ3v) is 11.9. The van der Waals surface area contributed by atoms with Gasteiger partial charge in [0.15, 0.2) is 0 Å². The van der Waals surface area contributed by atoms with E-state index in [0.717, 1.165) is 57.0 Å². The normalized spacial score (nSPS) is 37.5. The quantitative estimate of drug-likeness (QED) is 0.638. The fourth-order valence-corrected chi connectivity index (χ4v) is 8.68. The SMILES string of the molecule is [SiH3]C1(CC(c2ccc(C3([SiH3])CCCCO3)cc2)C2([SiH3])CCCCO2)CCCCO1. The Morgan fingerprint density at radius 2 is 1.34 bits per heavy atom. The Morgan fingerprint density at radius 3 is 1.90 bits per heavy atom. The van der Waals surface area contributed by atoms with Crippen LogP contribution in [0.1, 0.15) is 81.3 Å². The van der Waals surface area contributed by atoms with Gasteiger partial charge in [-0.1, -0.05) is 24.3 Å². The molecule has 3 saturated heterocycles. The van der Waals surface area contributed by atoms with E-state index in [2.05, 4.69) is 24.3 Å². The molecule has 1 aromatic carbocycles. The minimum atomic E-state index is 0.0254. The summed E-state index contributed by atoms with van der Waals surface area (Å²) in [6, 6.07) is 9.55. The van der Waals surface area contributed by atoms with Crippen LogP contribution in [0.4, 0.5) is 0 Å². The molecule has 0 spiro atoms. The van der Waals surface area contributed by atoms with Crippen molar-refractivity contribution in [3.8, 4) is 0 Å². The molecular weight excluding hydrogens is 409 g/mol. The Labute approximate surface area is 185 Å². The van der Waals surface area contributed by atoms with Crippen molar-refractivity contribution in [2.75, 3.05) is 19.8 Å². The van der Waals surface area contributed by atoms with E-state index >= 15 is 0 Å². The minimum Gasteiger partial charge on any atom is -0.380 e. The lowest BCUT2D eigenvalue weighted by Crippen LogP contribution is -2.48. The minimum absolute atomic E-state index is 0.0254. The third kappa shape index (κ3) is 4.99. The molecule has 3 nitrogen and oxygen atoms in total. The van der Waals surface area contributed by atoms with Gasteiger partial charge in [0.2, 0.25) is 0 Å². The molecule has 0 bridgehead atoms. The Bertz CT molecular complexity index is 660. The van der Waals surface area contributed by atoms with E-state index in [0.29, 0.717) is 5.92 Å². The summed E-state index contributed by atoms with van der Waals surface area (Å²) in [7, 11) is 3.26. The van der Waals surface area contributed by atoms with E-state index in [1.54, 1.807) is 0 Å². The van der Waals surface area contributed by atoms with Gasteiger partial charge in [-0.2, -0.15) is 0 Å². The molecule has 29 heavy (non-hydrogen) atoms. The molecule has 3 fully saturated rings. The van der Waals surface area contributed by atoms with E-state index < -0.39 is 0 Å². The summed E-state index contributed by atoms with van der Waals surface area (Å²) in [5.74, 6) is 0.469. The molecule has 3 aliphatic rings. The topological polar surface area (TPSA) is 27.7 Å². The average molecular weight is 449 g/mol. The summed E-state index contributed by atoms with van der Waals surface area (Å²) < 4.78 is 19.2. The molecule has 0 N–H and O–H groups in total. The molecule has 6 heteroatoms. The van der Waals surface area contributed by atoms with E-state index in [-0.39, 0.29) is 15.7 Å². The van der Waals surface area contributed by atoms with Gasteiger partial charge in [0.05, 0.1) is 10.4 Å². The molecule has 0 aliphatic carbocycles. The van der Waals surface area contributed by atoms with Crippen LogP contribution in [-0.2, 0) is 19.4 Å². The summed E-state index contributed by atoms with van der Waals surface area (Å²) in [5, 5.41) is 0.223. The number of hydrogen-bond acceptors (Lipinski definition) is 3. The maximum Gasteiger partial charge on any atom is 0.0723 e. The molecule has 4 unspecified atom stereocenters. The standard InChI is InChI=1S/C23H40O3Si3/c27-21(11-1-4-14-24-21)17-20(23(29)13-3-6-16-26-23)18-7-9-19(10-8-18)22(28)12-2-5-15-25-22/h7-10,20H,1-6,11-17H2,27-29H3. The first-order valence-corrected chi connectivity index (χ1v) is 14.9. The largest absolute Gasteiger partial charge is 0.380 e. The Morgan fingerprint density at radius 1 is 0.724 bits per heavy atom. The molecule has 162 valence electrons. The number of rotatable bonds is 5. The maximum absolute atomic E-state index is 6.54.